The van der Waals surface area contributed by atoms with Crippen molar-refractivity contribution in [3.05, 3.63) is 0 Å². The third-order valence-corrected chi connectivity index (χ3v) is 1.68. The van der Waals surface area contributed by atoms with E-state index in [1.165, 1.54) is 0 Å². The summed E-state index contributed by atoms with van der Waals surface area (Å²) in [5.74, 6) is 2.68. The molecule has 1 fully saturated rings. The Bertz CT molecular complexity index is 135. The Morgan fingerprint density at radius 1 is 1.80 bits per heavy atom. The predicted molar refractivity (Wildman–Crippen MR) is 40.7 cm³/mol. The number of nitrogens with one attached hydrogen (secondary N) is 1. The second kappa shape index (κ2) is 3.60. The van der Waals surface area contributed by atoms with Crippen LogP contribution in [0.25, 0.3) is 0 Å². The van der Waals surface area contributed by atoms with E-state index >= 15 is 0 Å². The van der Waals surface area contributed by atoms with Crippen molar-refractivity contribution in [3.8, 4) is 12.3 Å². The summed E-state index contributed by atoms with van der Waals surface area (Å²) in [6, 6.07) is 0.731. The van der Waals surface area contributed by atoms with E-state index in [9.17, 15) is 0 Å². The first-order valence-corrected chi connectivity index (χ1v) is 3.66. The Morgan fingerprint density at radius 3 is 2.80 bits per heavy atom. The van der Waals surface area contributed by atoms with Crippen molar-refractivity contribution < 1.29 is 4.74 Å². The molecule has 0 amide bonds. The normalized spacial score (nSPS) is 21.2. The Kier molecular flexibility index (Phi) is 2.73. The van der Waals surface area contributed by atoms with Gasteiger partial charge in [-0.1, -0.05) is 12.8 Å². The molecule has 1 aliphatic heterocycles. The summed E-state index contributed by atoms with van der Waals surface area (Å²) >= 11 is 0. The largest absolute Gasteiger partial charge is 0.378 e. The van der Waals surface area contributed by atoms with Crippen molar-refractivity contribution >= 4 is 0 Å². The monoisotopic (exact) mass is 139 g/mol. The molecule has 2 nitrogen and oxygen atoms in total. The van der Waals surface area contributed by atoms with Crippen LogP contribution in [0.4, 0.5) is 0 Å². The lowest BCUT2D eigenvalue weighted by Crippen LogP contribution is -2.49. The van der Waals surface area contributed by atoms with Crippen LogP contribution in [0.5, 0.6) is 0 Å². The van der Waals surface area contributed by atoms with E-state index < -0.39 is 0 Å². The molecule has 1 saturated heterocycles. The number of ether oxygens (including phenoxy) is 1. The second-order valence-electron chi connectivity index (χ2n) is 2.53. The lowest BCUT2D eigenvalue weighted by molar-refractivity contribution is -0.00754. The summed E-state index contributed by atoms with van der Waals surface area (Å²) in [4.78, 5) is 0. The summed E-state index contributed by atoms with van der Waals surface area (Å²) in [7, 11) is 0. The molecule has 2 heteroatoms. The zero-order valence-electron chi connectivity index (χ0n) is 6.26. The molecule has 1 atom stereocenters. The maximum Gasteiger partial charge on any atom is 0.0687 e. The first kappa shape index (κ1) is 7.59. The molecule has 0 spiro atoms. The van der Waals surface area contributed by atoms with E-state index in [-0.39, 0.29) is 6.04 Å². The summed E-state index contributed by atoms with van der Waals surface area (Å²) in [5.41, 5.74) is 0. The maximum absolute atomic E-state index is 5.26. The van der Waals surface area contributed by atoms with Crippen LogP contribution in [0, 0.1) is 12.3 Å². The Morgan fingerprint density at radius 2 is 2.50 bits per heavy atom. The highest BCUT2D eigenvalue weighted by Gasteiger charge is 2.19. The SMILES string of the molecule is C#CC(CC)NC1COC1. The summed E-state index contributed by atoms with van der Waals surface area (Å²) in [6.45, 7) is 3.72. The minimum absolute atomic E-state index is 0.230. The molecule has 0 aromatic rings. The fourth-order valence-electron chi connectivity index (χ4n) is 0.900. The van der Waals surface area contributed by atoms with Crippen molar-refractivity contribution in [1.82, 2.24) is 5.32 Å². The third-order valence-electron chi connectivity index (χ3n) is 1.68. The minimum atomic E-state index is 0.230. The zero-order chi connectivity index (χ0) is 7.40. The molecular weight excluding hydrogens is 126 g/mol. The van der Waals surface area contributed by atoms with Gasteiger partial charge in [-0.05, 0) is 6.42 Å². The van der Waals surface area contributed by atoms with E-state index in [4.69, 9.17) is 11.2 Å². The van der Waals surface area contributed by atoms with Crippen LogP contribution in [-0.4, -0.2) is 25.3 Å². The maximum atomic E-state index is 5.26. The molecular formula is C8H13NO. The van der Waals surface area contributed by atoms with Crippen LogP contribution >= 0.6 is 0 Å². The molecule has 10 heavy (non-hydrogen) atoms. The van der Waals surface area contributed by atoms with E-state index in [0.29, 0.717) is 6.04 Å². The second-order valence-corrected chi connectivity index (χ2v) is 2.53. The molecule has 1 unspecified atom stereocenters. The molecule has 1 aliphatic rings. The fourth-order valence-corrected chi connectivity index (χ4v) is 0.900. The number of hydrogen-bond acceptors (Lipinski definition) is 2. The van der Waals surface area contributed by atoms with Crippen molar-refractivity contribution in [2.45, 2.75) is 25.4 Å². The van der Waals surface area contributed by atoms with E-state index in [0.717, 1.165) is 19.6 Å². The van der Waals surface area contributed by atoms with Crippen LogP contribution in [0.2, 0.25) is 0 Å². The molecule has 0 aromatic carbocycles. The van der Waals surface area contributed by atoms with Crippen LogP contribution in [-0.2, 0) is 4.74 Å². The quantitative estimate of drug-likeness (QED) is 0.571. The Balaban J connectivity index is 2.15. The summed E-state index contributed by atoms with van der Waals surface area (Å²) in [5, 5.41) is 3.29. The smallest absolute Gasteiger partial charge is 0.0687 e. The molecule has 0 aliphatic carbocycles. The van der Waals surface area contributed by atoms with E-state index in [2.05, 4.69) is 18.2 Å². The van der Waals surface area contributed by atoms with Gasteiger partial charge in [0.2, 0.25) is 0 Å². The topological polar surface area (TPSA) is 21.3 Å². The van der Waals surface area contributed by atoms with Crippen molar-refractivity contribution in [2.75, 3.05) is 13.2 Å². The first-order chi connectivity index (χ1) is 4.86. The lowest BCUT2D eigenvalue weighted by Gasteiger charge is -2.29. The fraction of sp³-hybridized carbons (Fsp3) is 0.750. The Labute approximate surface area is 62.0 Å². The van der Waals surface area contributed by atoms with Crippen LogP contribution in [0.15, 0.2) is 0 Å². The van der Waals surface area contributed by atoms with Gasteiger partial charge in [0.1, 0.15) is 0 Å². The van der Waals surface area contributed by atoms with Crippen molar-refractivity contribution in [3.63, 3.8) is 0 Å². The highest BCUT2D eigenvalue weighted by Crippen LogP contribution is 2.01. The number of terminal acetylenes is 1. The van der Waals surface area contributed by atoms with E-state index in [1.54, 1.807) is 0 Å². The third kappa shape index (κ3) is 1.73. The van der Waals surface area contributed by atoms with Gasteiger partial charge in [-0.3, -0.25) is 5.32 Å². The van der Waals surface area contributed by atoms with Crippen LogP contribution in [0.3, 0.4) is 0 Å². The van der Waals surface area contributed by atoms with Crippen LogP contribution < -0.4 is 5.32 Å². The van der Waals surface area contributed by atoms with Gasteiger partial charge in [-0.2, -0.15) is 0 Å². The molecule has 56 valence electrons. The average Bonchev–Trinajstić information content (AvgIpc) is 1.87. The van der Waals surface area contributed by atoms with Gasteiger partial charge in [-0.25, -0.2) is 0 Å². The molecule has 0 saturated carbocycles. The standard InChI is InChI=1S/C8H13NO/c1-3-7(4-2)9-8-5-10-6-8/h1,7-9H,4-6H2,2H3. The zero-order valence-corrected chi connectivity index (χ0v) is 6.26. The van der Waals surface area contributed by atoms with Gasteiger partial charge in [0, 0.05) is 0 Å². The van der Waals surface area contributed by atoms with Gasteiger partial charge in [0.15, 0.2) is 0 Å². The highest BCUT2D eigenvalue weighted by atomic mass is 16.5. The molecule has 1 rings (SSSR count). The average molecular weight is 139 g/mol. The van der Waals surface area contributed by atoms with Gasteiger partial charge in [0.25, 0.3) is 0 Å². The molecule has 0 bridgehead atoms. The van der Waals surface area contributed by atoms with Crippen LogP contribution in [0.1, 0.15) is 13.3 Å². The first-order valence-electron chi connectivity index (χ1n) is 3.66. The lowest BCUT2D eigenvalue weighted by atomic mass is 10.2. The Hall–Kier alpha value is -0.520. The van der Waals surface area contributed by atoms with Crippen molar-refractivity contribution in [1.29, 1.82) is 0 Å². The molecule has 0 radical (unpaired) electrons. The minimum Gasteiger partial charge on any atom is -0.378 e. The predicted octanol–water partition coefficient (Wildman–Crippen LogP) is 0.387. The van der Waals surface area contributed by atoms with Crippen molar-refractivity contribution in [2.24, 2.45) is 0 Å². The molecule has 1 N–H and O–H groups in total. The van der Waals surface area contributed by atoms with Gasteiger partial charge in [0.05, 0.1) is 25.3 Å². The number of rotatable bonds is 3. The van der Waals surface area contributed by atoms with Gasteiger partial charge < -0.3 is 4.74 Å². The number of hydrogen-bond donors (Lipinski definition) is 1. The summed E-state index contributed by atoms with van der Waals surface area (Å²) < 4.78 is 4.99. The van der Waals surface area contributed by atoms with Gasteiger partial charge in [-0.15, -0.1) is 6.42 Å². The highest BCUT2D eigenvalue weighted by molar-refractivity contribution is 4.99. The van der Waals surface area contributed by atoms with Gasteiger partial charge >= 0.3 is 0 Å². The molecule has 1 heterocycles. The summed E-state index contributed by atoms with van der Waals surface area (Å²) in [6.07, 6.45) is 6.25. The van der Waals surface area contributed by atoms with E-state index in [1.807, 2.05) is 0 Å². The molecule has 0 aromatic heterocycles.